The molecule has 0 fully saturated rings. The summed E-state index contributed by atoms with van der Waals surface area (Å²) in [5.41, 5.74) is 0.951. The van der Waals surface area contributed by atoms with E-state index in [2.05, 4.69) is 25.5 Å². The molecule has 0 spiro atoms. The third-order valence-electron chi connectivity index (χ3n) is 3.09. The van der Waals surface area contributed by atoms with E-state index in [1.165, 1.54) is 6.33 Å². The summed E-state index contributed by atoms with van der Waals surface area (Å²) in [5.74, 6) is 0.266. The van der Waals surface area contributed by atoms with Crippen LogP contribution in [0.2, 0.25) is 5.02 Å². The van der Waals surface area contributed by atoms with Gasteiger partial charge in [0.05, 0.1) is 16.6 Å². The Balaban J connectivity index is 1.88. The number of carbonyl (C=O) groups is 1. The van der Waals surface area contributed by atoms with Crippen molar-refractivity contribution in [3.63, 3.8) is 0 Å². The maximum Gasteiger partial charge on any atom is 0.270 e. The maximum absolute atomic E-state index is 12.3. The fraction of sp³-hybridized carbons (Fsp3) is 0.143. The van der Waals surface area contributed by atoms with Crippen molar-refractivity contribution in [1.82, 2.24) is 25.5 Å². The van der Waals surface area contributed by atoms with Crippen molar-refractivity contribution in [2.75, 3.05) is 0 Å². The van der Waals surface area contributed by atoms with Crippen LogP contribution in [-0.4, -0.2) is 26.1 Å². The minimum atomic E-state index is -0.313. The number of amides is 1. The predicted octanol–water partition coefficient (Wildman–Crippen LogP) is 2.50. The molecule has 1 amide bonds. The smallest absolute Gasteiger partial charge is 0.270 e. The molecule has 3 aromatic rings. The molecule has 0 aliphatic carbocycles. The third-order valence-corrected chi connectivity index (χ3v) is 3.40. The minimum absolute atomic E-state index is 0.269. The van der Waals surface area contributed by atoms with E-state index in [1.807, 2.05) is 24.3 Å². The molecule has 0 saturated carbocycles. The fourth-order valence-corrected chi connectivity index (χ4v) is 2.27. The highest BCUT2D eigenvalue weighted by Crippen LogP contribution is 2.23. The van der Waals surface area contributed by atoms with E-state index in [0.717, 1.165) is 5.39 Å². The number of rotatable bonds is 3. The highest BCUT2D eigenvalue weighted by Gasteiger charge is 2.16. The Morgan fingerprint density at radius 3 is 2.95 bits per heavy atom. The summed E-state index contributed by atoms with van der Waals surface area (Å²) in [4.78, 5) is 20.6. The van der Waals surface area contributed by atoms with Gasteiger partial charge in [-0.25, -0.2) is 9.97 Å². The van der Waals surface area contributed by atoms with Gasteiger partial charge < -0.3 is 5.32 Å². The number of fused-ring (bicyclic) bond motifs is 1. The van der Waals surface area contributed by atoms with Crippen molar-refractivity contribution in [3.8, 4) is 0 Å². The molecule has 0 aliphatic rings. The number of para-hydroxylation sites is 1. The normalized spacial score (nSPS) is 12.3. The molecule has 7 heteroatoms. The van der Waals surface area contributed by atoms with Crippen molar-refractivity contribution >= 4 is 28.4 Å². The van der Waals surface area contributed by atoms with Gasteiger partial charge in [-0.1, -0.05) is 29.8 Å². The molecule has 1 aromatic carbocycles. The van der Waals surface area contributed by atoms with Crippen LogP contribution in [0.4, 0.5) is 0 Å². The molecule has 106 valence electrons. The number of nitrogens with zero attached hydrogens (tertiary/aromatic N) is 3. The Morgan fingerprint density at radius 2 is 2.19 bits per heavy atom. The molecule has 0 bridgehead atoms. The second-order valence-electron chi connectivity index (χ2n) is 4.57. The van der Waals surface area contributed by atoms with E-state index in [9.17, 15) is 4.79 Å². The van der Waals surface area contributed by atoms with Crippen LogP contribution in [0.25, 0.3) is 10.9 Å². The van der Waals surface area contributed by atoms with Crippen LogP contribution in [0.5, 0.6) is 0 Å². The lowest BCUT2D eigenvalue weighted by Gasteiger charge is -2.11. The van der Waals surface area contributed by atoms with Crippen molar-refractivity contribution < 1.29 is 4.79 Å². The molecule has 2 heterocycles. The van der Waals surface area contributed by atoms with Gasteiger partial charge in [0.25, 0.3) is 5.91 Å². The number of pyridine rings is 1. The number of H-pyrrole nitrogens is 1. The molecule has 1 unspecified atom stereocenters. The van der Waals surface area contributed by atoms with Gasteiger partial charge in [-0.2, -0.15) is 5.10 Å². The Bertz CT molecular complexity index is 787. The van der Waals surface area contributed by atoms with E-state index >= 15 is 0 Å². The summed E-state index contributed by atoms with van der Waals surface area (Å²) < 4.78 is 0. The first kappa shape index (κ1) is 13.5. The monoisotopic (exact) mass is 301 g/mol. The Hall–Kier alpha value is -2.47. The second-order valence-corrected chi connectivity index (χ2v) is 4.98. The lowest BCUT2D eigenvalue weighted by Crippen LogP contribution is -2.28. The lowest BCUT2D eigenvalue weighted by atomic mass is 10.2. The molecular formula is C14H12ClN5O. The van der Waals surface area contributed by atoms with Crippen molar-refractivity contribution in [2.45, 2.75) is 13.0 Å². The van der Waals surface area contributed by atoms with Gasteiger partial charge in [0.15, 0.2) is 0 Å². The fourth-order valence-electron chi connectivity index (χ4n) is 2.01. The number of nitrogens with one attached hydrogen (secondary N) is 2. The zero-order valence-electron chi connectivity index (χ0n) is 11.2. The van der Waals surface area contributed by atoms with E-state index < -0.39 is 0 Å². The number of carbonyl (C=O) groups excluding carboxylic acids is 1. The summed E-state index contributed by atoms with van der Waals surface area (Å²) in [6.45, 7) is 1.81. The van der Waals surface area contributed by atoms with Crippen LogP contribution in [0.15, 0.2) is 36.7 Å². The van der Waals surface area contributed by atoms with Crippen LogP contribution >= 0.6 is 11.6 Å². The largest absolute Gasteiger partial charge is 0.341 e. The van der Waals surface area contributed by atoms with Crippen molar-refractivity contribution in [2.24, 2.45) is 0 Å². The maximum atomic E-state index is 12.3. The van der Waals surface area contributed by atoms with E-state index in [0.29, 0.717) is 16.4 Å². The average molecular weight is 302 g/mol. The number of aromatic amines is 1. The van der Waals surface area contributed by atoms with Gasteiger partial charge in [0.1, 0.15) is 17.8 Å². The van der Waals surface area contributed by atoms with Crippen LogP contribution in [0, 0.1) is 0 Å². The van der Waals surface area contributed by atoms with Crippen molar-refractivity contribution in [1.29, 1.82) is 0 Å². The molecule has 0 radical (unpaired) electrons. The zero-order valence-corrected chi connectivity index (χ0v) is 11.9. The minimum Gasteiger partial charge on any atom is -0.341 e. The molecule has 1 atom stereocenters. The Morgan fingerprint density at radius 1 is 1.38 bits per heavy atom. The van der Waals surface area contributed by atoms with Gasteiger partial charge >= 0.3 is 0 Å². The average Bonchev–Trinajstić information content (AvgIpc) is 3.01. The molecule has 21 heavy (non-hydrogen) atoms. The number of aromatic nitrogens is 4. The Kier molecular flexibility index (Phi) is 3.53. The quantitative estimate of drug-likeness (QED) is 0.778. The van der Waals surface area contributed by atoms with E-state index in [1.54, 1.807) is 13.0 Å². The molecule has 2 aromatic heterocycles. The standard InChI is InChI=1S/C14H12ClN5O/c1-8(13-16-7-17-20-13)18-14(21)12-6-10(15)9-4-2-3-5-11(9)19-12/h2-8H,1H3,(H,18,21)(H,16,17,20). The summed E-state index contributed by atoms with van der Waals surface area (Å²) in [5, 5.41) is 10.6. The van der Waals surface area contributed by atoms with Gasteiger partial charge in [-0.3, -0.25) is 9.89 Å². The van der Waals surface area contributed by atoms with Gasteiger partial charge in [-0.05, 0) is 19.1 Å². The number of halogens is 1. The van der Waals surface area contributed by atoms with E-state index in [-0.39, 0.29) is 17.6 Å². The van der Waals surface area contributed by atoms with Crippen molar-refractivity contribution in [3.05, 3.63) is 53.2 Å². The second kappa shape index (κ2) is 5.49. The molecule has 6 nitrogen and oxygen atoms in total. The van der Waals surface area contributed by atoms with Crippen LogP contribution in [0.1, 0.15) is 29.3 Å². The van der Waals surface area contributed by atoms with Crippen LogP contribution < -0.4 is 5.32 Å². The van der Waals surface area contributed by atoms with Crippen LogP contribution in [-0.2, 0) is 0 Å². The van der Waals surface area contributed by atoms with Gasteiger partial charge in [0, 0.05) is 5.39 Å². The predicted molar refractivity (Wildman–Crippen MR) is 79.0 cm³/mol. The summed E-state index contributed by atoms with van der Waals surface area (Å²) >= 11 is 6.19. The molecule has 0 saturated heterocycles. The highest BCUT2D eigenvalue weighted by molar-refractivity contribution is 6.35. The number of hydrogen-bond donors (Lipinski definition) is 2. The third kappa shape index (κ3) is 2.71. The molecular weight excluding hydrogens is 290 g/mol. The zero-order chi connectivity index (χ0) is 14.8. The van der Waals surface area contributed by atoms with Crippen LogP contribution in [0.3, 0.4) is 0 Å². The van der Waals surface area contributed by atoms with E-state index in [4.69, 9.17) is 11.6 Å². The number of benzene rings is 1. The topological polar surface area (TPSA) is 83.6 Å². The molecule has 0 aliphatic heterocycles. The SMILES string of the molecule is CC(NC(=O)c1cc(Cl)c2ccccc2n1)c1ncn[nH]1. The summed E-state index contributed by atoms with van der Waals surface area (Å²) in [7, 11) is 0. The summed E-state index contributed by atoms with van der Waals surface area (Å²) in [6, 6.07) is 8.67. The van der Waals surface area contributed by atoms with Gasteiger partial charge in [0.2, 0.25) is 0 Å². The first-order valence-corrected chi connectivity index (χ1v) is 6.74. The highest BCUT2D eigenvalue weighted by atomic mass is 35.5. The summed E-state index contributed by atoms with van der Waals surface area (Å²) in [6.07, 6.45) is 1.39. The first-order chi connectivity index (χ1) is 10.1. The molecule has 3 rings (SSSR count). The van der Waals surface area contributed by atoms with Gasteiger partial charge in [-0.15, -0.1) is 0 Å². The Labute approximate surface area is 125 Å². The first-order valence-electron chi connectivity index (χ1n) is 6.36. The molecule has 2 N–H and O–H groups in total. The number of hydrogen-bond acceptors (Lipinski definition) is 4. The lowest BCUT2D eigenvalue weighted by molar-refractivity contribution is 0.0933.